The molecular weight excluding hydrogens is 314 g/mol. The van der Waals surface area contributed by atoms with E-state index in [-0.39, 0.29) is 11.7 Å². The van der Waals surface area contributed by atoms with E-state index in [4.69, 9.17) is 0 Å². The zero-order valence-electron chi connectivity index (χ0n) is 14.1. The van der Waals surface area contributed by atoms with Gasteiger partial charge in [0.05, 0.1) is 5.56 Å². The van der Waals surface area contributed by atoms with Crippen molar-refractivity contribution in [2.45, 2.75) is 19.9 Å². The molecule has 0 aliphatic rings. The molecule has 1 heterocycles. The van der Waals surface area contributed by atoms with E-state index in [1.807, 2.05) is 31.3 Å². The third kappa shape index (κ3) is 4.26. The topological polar surface area (TPSA) is 67.2 Å². The van der Waals surface area contributed by atoms with Gasteiger partial charge in [-0.2, -0.15) is 0 Å². The maximum Gasteiger partial charge on any atom is 0.255 e. The van der Waals surface area contributed by atoms with Gasteiger partial charge in [0.15, 0.2) is 0 Å². The zero-order valence-corrected chi connectivity index (χ0v) is 14.1. The maximum atomic E-state index is 12.2. The second-order valence-corrected chi connectivity index (χ2v) is 5.98. The van der Waals surface area contributed by atoms with Gasteiger partial charge in [0.1, 0.15) is 11.6 Å². The molecule has 0 spiro atoms. The fraction of sp³-hybridized carbons (Fsp3) is 0.200. The molecule has 5 heteroatoms. The van der Waals surface area contributed by atoms with Crippen molar-refractivity contribution in [3.8, 4) is 5.75 Å². The summed E-state index contributed by atoms with van der Waals surface area (Å²) in [6.45, 7) is 3.08. The van der Waals surface area contributed by atoms with E-state index in [0.717, 1.165) is 17.9 Å². The molecule has 0 aliphatic carbocycles. The number of aromatic hydroxyl groups is 1. The van der Waals surface area contributed by atoms with E-state index >= 15 is 0 Å². The first kappa shape index (κ1) is 16.8. The lowest BCUT2D eigenvalue weighted by Gasteiger charge is -2.10. The first-order valence-corrected chi connectivity index (χ1v) is 8.25. The van der Waals surface area contributed by atoms with Crippen LogP contribution in [-0.2, 0) is 13.0 Å². The van der Waals surface area contributed by atoms with E-state index in [2.05, 4.69) is 27.0 Å². The van der Waals surface area contributed by atoms with Crippen molar-refractivity contribution >= 4 is 5.91 Å². The van der Waals surface area contributed by atoms with Crippen LogP contribution in [0.15, 0.2) is 60.9 Å². The van der Waals surface area contributed by atoms with Crippen molar-refractivity contribution in [3.63, 3.8) is 0 Å². The standard InChI is InChI=1S/C20H21N3O2/c1-15-7-8-17(18(24)13-15)20(25)22-10-9-19-21-11-12-23(19)14-16-5-3-2-4-6-16/h2-8,11-13,24H,9-10,14H2,1H3,(H,22,25). The summed E-state index contributed by atoms with van der Waals surface area (Å²) < 4.78 is 2.07. The molecule has 2 N–H and O–H groups in total. The van der Waals surface area contributed by atoms with E-state index in [1.54, 1.807) is 24.4 Å². The molecule has 0 saturated heterocycles. The highest BCUT2D eigenvalue weighted by Crippen LogP contribution is 2.18. The Morgan fingerprint density at radius 1 is 1.20 bits per heavy atom. The van der Waals surface area contributed by atoms with Gasteiger partial charge in [0, 0.05) is 31.9 Å². The molecule has 25 heavy (non-hydrogen) atoms. The number of carbonyl (C=O) groups is 1. The molecule has 3 rings (SSSR count). The third-order valence-corrected chi connectivity index (χ3v) is 4.03. The molecule has 0 aliphatic heterocycles. The normalized spacial score (nSPS) is 10.6. The van der Waals surface area contributed by atoms with Crippen LogP contribution in [0.4, 0.5) is 0 Å². The molecule has 1 amide bonds. The molecule has 0 atom stereocenters. The second-order valence-electron chi connectivity index (χ2n) is 5.98. The maximum absolute atomic E-state index is 12.2. The van der Waals surface area contributed by atoms with Gasteiger partial charge in [-0.3, -0.25) is 4.79 Å². The van der Waals surface area contributed by atoms with Gasteiger partial charge in [-0.05, 0) is 30.2 Å². The number of imidazole rings is 1. The highest BCUT2D eigenvalue weighted by molar-refractivity contribution is 5.96. The summed E-state index contributed by atoms with van der Waals surface area (Å²) in [5.41, 5.74) is 2.41. The van der Waals surface area contributed by atoms with Crippen molar-refractivity contribution in [1.82, 2.24) is 14.9 Å². The van der Waals surface area contributed by atoms with Crippen LogP contribution in [-0.4, -0.2) is 27.1 Å². The van der Waals surface area contributed by atoms with Gasteiger partial charge < -0.3 is 15.0 Å². The van der Waals surface area contributed by atoms with Crippen LogP contribution < -0.4 is 5.32 Å². The highest BCUT2D eigenvalue weighted by Gasteiger charge is 2.11. The lowest BCUT2D eigenvalue weighted by molar-refractivity contribution is 0.0951. The number of phenols is 1. The van der Waals surface area contributed by atoms with Crippen molar-refractivity contribution in [3.05, 3.63) is 83.4 Å². The van der Waals surface area contributed by atoms with Gasteiger partial charge in [0.25, 0.3) is 5.91 Å². The summed E-state index contributed by atoms with van der Waals surface area (Å²) in [7, 11) is 0. The number of nitrogens with zero attached hydrogens (tertiary/aromatic N) is 2. The molecule has 5 nitrogen and oxygen atoms in total. The molecule has 2 aromatic carbocycles. The average Bonchev–Trinajstić information content (AvgIpc) is 3.03. The Hall–Kier alpha value is -3.08. The molecular formula is C20H21N3O2. The number of benzene rings is 2. The summed E-state index contributed by atoms with van der Waals surface area (Å²) in [5, 5.41) is 12.7. The number of amides is 1. The number of aryl methyl sites for hydroxylation is 1. The van der Waals surface area contributed by atoms with Gasteiger partial charge in [-0.15, -0.1) is 0 Å². The van der Waals surface area contributed by atoms with Crippen LogP contribution in [0.2, 0.25) is 0 Å². The summed E-state index contributed by atoms with van der Waals surface area (Å²) in [5.74, 6) is 0.638. The first-order valence-electron chi connectivity index (χ1n) is 8.25. The highest BCUT2D eigenvalue weighted by atomic mass is 16.3. The quantitative estimate of drug-likeness (QED) is 0.728. The molecule has 0 unspecified atom stereocenters. The molecule has 0 saturated carbocycles. The van der Waals surface area contributed by atoms with E-state index in [1.165, 1.54) is 5.56 Å². The number of phenolic OH excluding ortho intramolecular Hbond substituents is 1. The molecule has 128 valence electrons. The Bertz CT molecular complexity index is 856. The van der Waals surface area contributed by atoms with Crippen molar-refractivity contribution in [2.24, 2.45) is 0 Å². The minimum absolute atomic E-state index is 0.00285. The molecule has 0 bridgehead atoms. The number of aromatic nitrogens is 2. The van der Waals surface area contributed by atoms with Gasteiger partial charge in [-0.25, -0.2) is 4.98 Å². The third-order valence-electron chi connectivity index (χ3n) is 4.03. The Morgan fingerprint density at radius 2 is 2.00 bits per heavy atom. The van der Waals surface area contributed by atoms with E-state index < -0.39 is 0 Å². The average molecular weight is 335 g/mol. The predicted molar refractivity (Wildman–Crippen MR) is 96.7 cm³/mol. The van der Waals surface area contributed by atoms with Crippen LogP contribution in [0.5, 0.6) is 5.75 Å². The Labute approximate surface area is 147 Å². The zero-order chi connectivity index (χ0) is 17.6. The summed E-state index contributed by atoms with van der Waals surface area (Å²) in [6, 6.07) is 15.2. The number of nitrogens with one attached hydrogen (secondary N) is 1. The smallest absolute Gasteiger partial charge is 0.255 e. The number of hydrogen-bond acceptors (Lipinski definition) is 3. The van der Waals surface area contributed by atoms with Gasteiger partial charge >= 0.3 is 0 Å². The second kappa shape index (κ2) is 7.66. The Kier molecular flexibility index (Phi) is 5.14. The van der Waals surface area contributed by atoms with Gasteiger partial charge in [-0.1, -0.05) is 36.4 Å². The monoisotopic (exact) mass is 335 g/mol. The summed E-state index contributed by atoms with van der Waals surface area (Å²) in [6.07, 6.45) is 4.33. The minimum Gasteiger partial charge on any atom is -0.507 e. The van der Waals surface area contributed by atoms with E-state index in [0.29, 0.717) is 18.5 Å². The summed E-state index contributed by atoms with van der Waals surface area (Å²) >= 11 is 0. The molecule has 1 aromatic heterocycles. The van der Waals surface area contributed by atoms with Crippen LogP contribution in [0.3, 0.4) is 0 Å². The number of rotatable bonds is 6. The lowest BCUT2D eigenvalue weighted by Crippen LogP contribution is -2.26. The minimum atomic E-state index is -0.279. The van der Waals surface area contributed by atoms with Crippen LogP contribution in [0.1, 0.15) is 27.3 Å². The van der Waals surface area contributed by atoms with Crippen molar-refractivity contribution in [2.75, 3.05) is 6.54 Å². The van der Waals surface area contributed by atoms with Crippen molar-refractivity contribution in [1.29, 1.82) is 0 Å². The number of hydrogen-bond donors (Lipinski definition) is 2. The van der Waals surface area contributed by atoms with Crippen LogP contribution in [0.25, 0.3) is 0 Å². The van der Waals surface area contributed by atoms with Gasteiger partial charge in [0.2, 0.25) is 0 Å². The first-order chi connectivity index (χ1) is 12.1. The van der Waals surface area contributed by atoms with Crippen LogP contribution in [0, 0.1) is 6.92 Å². The van der Waals surface area contributed by atoms with Crippen LogP contribution >= 0.6 is 0 Å². The molecule has 3 aromatic rings. The van der Waals surface area contributed by atoms with Crippen molar-refractivity contribution < 1.29 is 9.90 Å². The number of carbonyl (C=O) groups excluding carboxylic acids is 1. The van der Waals surface area contributed by atoms with E-state index in [9.17, 15) is 9.90 Å². The Morgan fingerprint density at radius 3 is 2.76 bits per heavy atom. The summed E-state index contributed by atoms with van der Waals surface area (Å²) in [4.78, 5) is 16.6. The Balaban J connectivity index is 1.57. The fourth-order valence-electron chi connectivity index (χ4n) is 2.71. The lowest BCUT2D eigenvalue weighted by atomic mass is 10.1. The fourth-order valence-corrected chi connectivity index (χ4v) is 2.71. The molecule has 0 fully saturated rings. The SMILES string of the molecule is Cc1ccc(C(=O)NCCc2nccn2Cc2ccccc2)c(O)c1. The largest absolute Gasteiger partial charge is 0.507 e. The molecule has 0 radical (unpaired) electrons. The predicted octanol–water partition coefficient (Wildman–Crippen LogP) is 2.92.